The van der Waals surface area contributed by atoms with Crippen LogP contribution >= 0.6 is 0 Å². The smallest absolute Gasteiger partial charge is 0.330 e. The molecule has 1 aliphatic rings. The predicted octanol–water partition coefficient (Wildman–Crippen LogP) is -0.276. The monoisotopic (exact) mass is 250 g/mol. The SMILES string of the molecule is CC(C)(C)C(=O)ON1CC(NS(C)(=O)=O)C1. The Kier molecular flexibility index (Phi) is 3.61. The number of nitrogens with zero attached hydrogens (tertiary/aromatic N) is 1. The van der Waals surface area contributed by atoms with Gasteiger partial charge in [0, 0.05) is 0 Å². The summed E-state index contributed by atoms with van der Waals surface area (Å²) in [4.78, 5) is 16.5. The van der Waals surface area contributed by atoms with E-state index in [1.807, 2.05) is 0 Å². The van der Waals surface area contributed by atoms with E-state index < -0.39 is 15.4 Å². The van der Waals surface area contributed by atoms with Gasteiger partial charge in [0.15, 0.2) is 0 Å². The summed E-state index contributed by atoms with van der Waals surface area (Å²) in [6, 6.07) is -0.164. The third-order valence-electron chi connectivity index (χ3n) is 2.05. The van der Waals surface area contributed by atoms with Gasteiger partial charge < -0.3 is 4.84 Å². The van der Waals surface area contributed by atoms with Crippen molar-refractivity contribution < 1.29 is 18.0 Å². The van der Waals surface area contributed by atoms with Crippen LogP contribution in [0.15, 0.2) is 0 Å². The molecular formula is C9H18N2O4S. The van der Waals surface area contributed by atoms with E-state index in [1.54, 1.807) is 20.8 Å². The average Bonchev–Trinajstić information content (AvgIpc) is 1.95. The molecule has 1 saturated heterocycles. The zero-order valence-corrected chi connectivity index (χ0v) is 10.8. The lowest BCUT2D eigenvalue weighted by atomic mass is 9.98. The van der Waals surface area contributed by atoms with Crippen LogP contribution in [0.4, 0.5) is 0 Å². The second-order valence-corrected chi connectivity index (χ2v) is 6.84. The van der Waals surface area contributed by atoms with Gasteiger partial charge in [0.2, 0.25) is 10.0 Å². The Morgan fingerprint density at radius 3 is 2.25 bits per heavy atom. The summed E-state index contributed by atoms with van der Waals surface area (Å²) in [5.41, 5.74) is -0.546. The second-order valence-electron chi connectivity index (χ2n) is 5.06. The van der Waals surface area contributed by atoms with Crippen LogP contribution in [0.25, 0.3) is 0 Å². The van der Waals surface area contributed by atoms with Gasteiger partial charge in [0.05, 0.1) is 30.8 Å². The van der Waals surface area contributed by atoms with E-state index in [2.05, 4.69) is 4.72 Å². The number of carbonyl (C=O) groups is 1. The molecule has 0 aliphatic carbocycles. The van der Waals surface area contributed by atoms with Crippen molar-refractivity contribution in [2.45, 2.75) is 26.8 Å². The fourth-order valence-corrected chi connectivity index (χ4v) is 1.90. The first kappa shape index (κ1) is 13.4. The Morgan fingerprint density at radius 1 is 1.38 bits per heavy atom. The van der Waals surface area contributed by atoms with Crippen molar-refractivity contribution in [1.29, 1.82) is 0 Å². The molecular weight excluding hydrogens is 232 g/mol. The number of hydrogen-bond donors (Lipinski definition) is 1. The van der Waals surface area contributed by atoms with Crippen molar-refractivity contribution in [3.8, 4) is 0 Å². The molecule has 1 aliphatic heterocycles. The Bertz CT molecular complexity index is 365. The Hall–Kier alpha value is -0.660. The predicted molar refractivity (Wildman–Crippen MR) is 58.9 cm³/mol. The van der Waals surface area contributed by atoms with Gasteiger partial charge in [0.25, 0.3) is 0 Å². The highest BCUT2D eigenvalue weighted by molar-refractivity contribution is 7.88. The van der Waals surface area contributed by atoms with Crippen molar-refractivity contribution in [1.82, 2.24) is 9.79 Å². The van der Waals surface area contributed by atoms with E-state index in [9.17, 15) is 13.2 Å². The summed E-state index contributed by atoms with van der Waals surface area (Å²) >= 11 is 0. The molecule has 0 aromatic rings. The second kappa shape index (κ2) is 4.31. The van der Waals surface area contributed by atoms with Crippen molar-refractivity contribution in [2.24, 2.45) is 5.41 Å². The summed E-state index contributed by atoms with van der Waals surface area (Å²) in [5, 5.41) is 1.45. The summed E-state index contributed by atoms with van der Waals surface area (Å²) in [6.45, 7) is 6.09. The quantitative estimate of drug-likeness (QED) is 0.746. The molecule has 1 fully saturated rings. The molecule has 0 amide bonds. The fraction of sp³-hybridized carbons (Fsp3) is 0.889. The molecule has 0 unspecified atom stereocenters. The molecule has 1 rings (SSSR count). The first-order chi connectivity index (χ1) is 7.08. The van der Waals surface area contributed by atoms with Crippen LogP contribution in [0.5, 0.6) is 0 Å². The van der Waals surface area contributed by atoms with E-state index in [-0.39, 0.29) is 12.0 Å². The fourth-order valence-electron chi connectivity index (χ4n) is 1.14. The van der Waals surface area contributed by atoms with E-state index >= 15 is 0 Å². The van der Waals surface area contributed by atoms with Crippen molar-refractivity contribution >= 4 is 16.0 Å². The minimum absolute atomic E-state index is 0.164. The maximum atomic E-state index is 11.5. The zero-order chi connectivity index (χ0) is 12.6. The normalized spacial score (nSPS) is 19.2. The van der Waals surface area contributed by atoms with Crippen LogP contribution in [-0.4, -0.2) is 44.8 Å². The van der Waals surface area contributed by atoms with E-state index in [1.165, 1.54) is 5.06 Å². The van der Waals surface area contributed by atoms with Crippen molar-refractivity contribution in [3.63, 3.8) is 0 Å². The minimum atomic E-state index is -3.18. The molecule has 0 atom stereocenters. The number of rotatable bonds is 3. The number of sulfonamides is 1. The van der Waals surface area contributed by atoms with Gasteiger partial charge in [-0.2, -0.15) is 0 Å². The number of nitrogens with one attached hydrogen (secondary N) is 1. The molecule has 16 heavy (non-hydrogen) atoms. The van der Waals surface area contributed by atoms with Crippen LogP contribution in [0, 0.1) is 5.41 Å². The largest absolute Gasteiger partial charge is 0.367 e. The van der Waals surface area contributed by atoms with Gasteiger partial charge in [-0.25, -0.2) is 17.9 Å². The van der Waals surface area contributed by atoms with E-state index in [0.717, 1.165) is 6.26 Å². The first-order valence-corrected chi connectivity index (χ1v) is 6.92. The lowest BCUT2D eigenvalue weighted by molar-refractivity contribution is -0.220. The summed E-state index contributed by atoms with van der Waals surface area (Å²) in [5.74, 6) is -0.315. The first-order valence-electron chi connectivity index (χ1n) is 5.02. The molecule has 0 bridgehead atoms. The maximum absolute atomic E-state index is 11.5. The molecule has 0 radical (unpaired) electrons. The summed E-state index contributed by atoms with van der Waals surface area (Å²) in [7, 11) is -3.18. The third-order valence-corrected chi connectivity index (χ3v) is 2.81. The Balaban J connectivity index is 2.30. The van der Waals surface area contributed by atoms with Crippen molar-refractivity contribution in [3.05, 3.63) is 0 Å². The van der Waals surface area contributed by atoms with Crippen LogP contribution in [-0.2, 0) is 19.7 Å². The average molecular weight is 250 g/mol. The van der Waals surface area contributed by atoms with Crippen LogP contribution in [0.3, 0.4) is 0 Å². The molecule has 0 aromatic heterocycles. The summed E-state index contributed by atoms with van der Waals surface area (Å²) < 4.78 is 24.2. The molecule has 0 saturated carbocycles. The highest BCUT2D eigenvalue weighted by Gasteiger charge is 2.34. The van der Waals surface area contributed by atoms with Gasteiger partial charge in [-0.05, 0) is 20.8 Å². The minimum Gasteiger partial charge on any atom is -0.367 e. The number of carbonyl (C=O) groups excluding carboxylic acids is 1. The molecule has 0 aromatic carbocycles. The van der Waals surface area contributed by atoms with Gasteiger partial charge in [-0.15, -0.1) is 5.06 Å². The van der Waals surface area contributed by atoms with Crippen LogP contribution < -0.4 is 4.72 Å². The number of hydroxylamine groups is 2. The summed E-state index contributed by atoms with van der Waals surface area (Å²) in [6.07, 6.45) is 1.11. The highest BCUT2D eigenvalue weighted by Crippen LogP contribution is 2.18. The van der Waals surface area contributed by atoms with Crippen LogP contribution in [0.2, 0.25) is 0 Å². The standard InChI is InChI=1S/C9H18N2O4S/c1-9(2,3)8(12)15-11-5-7(6-11)10-16(4,13)14/h7,10H,5-6H2,1-4H3. The third kappa shape index (κ3) is 4.07. The van der Waals surface area contributed by atoms with Crippen molar-refractivity contribution in [2.75, 3.05) is 19.3 Å². The van der Waals surface area contributed by atoms with Gasteiger partial charge >= 0.3 is 5.97 Å². The molecule has 6 nitrogen and oxygen atoms in total. The molecule has 0 spiro atoms. The topological polar surface area (TPSA) is 75.7 Å². The number of hydrogen-bond acceptors (Lipinski definition) is 5. The Labute approximate surface area is 96.0 Å². The molecule has 7 heteroatoms. The lowest BCUT2D eigenvalue weighted by Crippen LogP contribution is -2.59. The van der Waals surface area contributed by atoms with Crippen LogP contribution in [0.1, 0.15) is 20.8 Å². The lowest BCUT2D eigenvalue weighted by Gasteiger charge is -2.38. The zero-order valence-electron chi connectivity index (χ0n) is 9.98. The molecule has 94 valence electrons. The highest BCUT2D eigenvalue weighted by atomic mass is 32.2. The van der Waals surface area contributed by atoms with E-state index in [0.29, 0.717) is 13.1 Å². The van der Waals surface area contributed by atoms with E-state index in [4.69, 9.17) is 4.84 Å². The van der Waals surface area contributed by atoms with Gasteiger partial charge in [-0.3, -0.25) is 0 Å². The van der Waals surface area contributed by atoms with Gasteiger partial charge in [-0.1, -0.05) is 0 Å². The molecule has 1 heterocycles. The van der Waals surface area contributed by atoms with Gasteiger partial charge in [0.1, 0.15) is 0 Å². The maximum Gasteiger partial charge on any atom is 0.330 e. The Morgan fingerprint density at radius 2 is 1.88 bits per heavy atom. The molecule has 1 N–H and O–H groups in total.